The zero-order valence-electron chi connectivity index (χ0n) is 15.1. The summed E-state index contributed by atoms with van der Waals surface area (Å²) >= 11 is 6.06. The van der Waals surface area contributed by atoms with Gasteiger partial charge in [0.2, 0.25) is 9.84 Å². The molecular weight excluding hydrogens is 414 g/mol. The number of benzene rings is 3. The van der Waals surface area contributed by atoms with Crippen molar-refractivity contribution < 1.29 is 22.7 Å². The molecule has 0 saturated carbocycles. The summed E-state index contributed by atoms with van der Waals surface area (Å²) in [6, 6.07) is 14.8. The number of methoxy groups -OCH3 is 1. The van der Waals surface area contributed by atoms with Crippen LogP contribution in [0.5, 0.6) is 5.75 Å². The van der Waals surface area contributed by atoms with Crippen LogP contribution in [0.2, 0.25) is 5.02 Å². The summed E-state index contributed by atoms with van der Waals surface area (Å²) in [5.41, 5.74) is 0.701. The van der Waals surface area contributed by atoms with Gasteiger partial charge in [0, 0.05) is 22.4 Å². The topological polar surface area (TPSA) is 89.5 Å². The molecule has 0 unspecified atom stereocenters. The number of ether oxygens (including phenoxy) is 1. The van der Waals surface area contributed by atoms with Crippen molar-refractivity contribution in [2.75, 3.05) is 12.4 Å². The van der Waals surface area contributed by atoms with Crippen molar-refractivity contribution >= 4 is 38.8 Å². The minimum Gasteiger partial charge on any atom is -0.495 e. The van der Waals surface area contributed by atoms with Gasteiger partial charge in [-0.15, -0.1) is 0 Å². The molecule has 1 aliphatic heterocycles. The molecule has 0 fully saturated rings. The normalized spacial score (nSPS) is 13.9. The molecule has 1 N–H and O–H groups in total. The quantitative estimate of drug-likeness (QED) is 0.534. The highest BCUT2D eigenvalue weighted by molar-refractivity contribution is 7.91. The van der Waals surface area contributed by atoms with Gasteiger partial charge in [0.15, 0.2) is 5.78 Å². The third-order valence-electron chi connectivity index (χ3n) is 4.61. The lowest BCUT2D eigenvalue weighted by Crippen LogP contribution is -2.21. The lowest BCUT2D eigenvalue weighted by molar-refractivity contribution is 0.101. The number of hydrogen-bond acceptors (Lipinski definition) is 5. The van der Waals surface area contributed by atoms with E-state index in [1.807, 2.05) is 0 Å². The highest BCUT2D eigenvalue weighted by atomic mass is 35.5. The molecule has 3 aromatic rings. The van der Waals surface area contributed by atoms with Gasteiger partial charge in [-0.05, 0) is 48.5 Å². The Morgan fingerprint density at radius 3 is 2.41 bits per heavy atom. The zero-order chi connectivity index (χ0) is 20.8. The lowest BCUT2D eigenvalue weighted by atomic mass is 10.0. The van der Waals surface area contributed by atoms with Gasteiger partial charge in [-0.2, -0.15) is 0 Å². The molecule has 1 heterocycles. The molecular formula is C21H14ClNO5S. The summed E-state index contributed by atoms with van der Waals surface area (Å²) < 4.78 is 31.0. The molecule has 8 heteroatoms. The molecule has 0 aliphatic carbocycles. The molecule has 1 aliphatic rings. The third kappa shape index (κ3) is 3.18. The van der Waals surface area contributed by atoms with Gasteiger partial charge in [0.05, 0.1) is 21.9 Å². The first-order valence-corrected chi connectivity index (χ1v) is 10.4. The smallest absolute Gasteiger partial charge is 0.255 e. The van der Waals surface area contributed by atoms with Gasteiger partial charge in [-0.1, -0.05) is 23.7 Å². The number of carbonyl (C=O) groups excluding carboxylic acids is 2. The van der Waals surface area contributed by atoms with E-state index in [2.05, 4.69) is 5.32 Å². The Morgan fingerprint density at radius 1 is 0.966 bits per heavy atom. The lowest BCUT2D eigenvalue weighted by Gasteiger charge is -2.19. The monoisotopic (exact) mass is 427 g/mol. The van der Waals surface area contributed by atoms with Crippen LogP contribution in [-0.2, 0) is 9.84 Å². The fourth-order valence-corrected chi connectivity index (χ4v) is 5.11. The summed E-state index contributed by atoms with van der Waals surface area (Å²) in [4.78, 5) is 25.1. The fraction of sp³-hybridized carbons (Fsp3) is 0.0476. The highest BCUT2D eigenvalue weighted by Crippen LogP contribution is 2.35. The summed E-state index contributed by atoms with van der Waals surface area (Å²) in [5, 5.41) is 2.98. The molecule has 0 bridgehead atoms. The van der Waals surface area contributed by atoms with E-state index in [4.69, 9.17) is 16.3 Å². The fourth-order valence-electron chi connectivity index (χ4n) is 3.17. The largest absolute Gasteiger partial charge is 0.495 e. The average molecular weight is 428 g/mol. The molecule has 29 heavy (non-hydrogen) atoms. The second kappa shape index (κ2) is 7.02. The Kier molecular flexibility index (Phi) is 4.64. The standard InChI is InChI=1S/C21H14ClNO5S/c1-28-17-9-7-13(11-16(17)22)23-21(25)12-6-8-15-19(10-12)29(26,27)18-5-3-2-4-14(18)20(15)24/h2-11H,1H3,(H,23,25). The molecule has 3 aromatic carbocycles. The molecule has 0 radical (unpaired) electrons. The summed E-state index contributed by atoms with van der Waals surface area (Å²) in [6.07, 6.45) is 0. The maximum absolute atomic E-state index is 13.0. The van der Waals surface area contributed by atoms with Crippen LogP contribution in [0.4, 0.5) is 5.69 Å². The van der Waals surface area contributed by atoms with Gasteiger partial charge in [0.25, 0.3) is 5.91 Å². The number of halogens is 1. The van der Waals surface area contributed by atoms with Crippen LogP contribution in [-0.4, -0.2) is 27.2 Å². The van der Waals surface area contributed by atoms with Crippen LogP contribution in [0.1, 0.15) is 26.3 Å². The van der Waals surface area contributed by atoms with E-state index in [0.717, 1.165) is 0 Å². The van der Waals surface area contributed by atoms with Gasteiger partial charge in [-0.3, -0.25) is 9.59 Å². The predicted octanol–water partition coefficient (Wildman–Crippen LogP) is 3.98. The maximum atomic E-state index is 13.0. The van der Waals surface area contributed by atoms with Gasteiger partial charge < -0.3 is 10.1 Å². The number of carbonyl (C=O) groups is 2. The van der Waals surface area contributed by atoms with Crippen molar-refractivity contribution in [2.24, 2.45) is 0 Å². The van der Waals surface area contributed by atoms with Crippen LogP contribution in [0.25, 0.3) is 0 Å². The second-order valence-electron chi connectivity index (χ2n) is 6.34. The van der Waals surface area contributed by atoms with Crippen LogP contribution in [0.15, 0.2) is 70.5 Å². The summed E-state index contributed by atoms with van der Waals surface area (Å²) in [6.45, 7) is 0. The number of hydrogen-bond donors (Lipinski definition) is 1. The van der Waals surface area contributed by atoms with E-state index in [1.165, 1.54) is 43.5 Å². The summed E-state index contributed by atoms with van der Waals surface area (Å²) in [5.74, 6) is -0.462. The van der Waals surface area contributed by atoms with Gasteiger partial charge >= 0.3 is 0 Å². The van der Waals surface area contributed by atoms with Crippen molar-refractivity contribution in [2.45, 2.75) is 9.79 Å². The maximum Gasteiger partial charge on any atom is 0.255 e. The Hall–Kier alpha value is -3.16. The number of anilines is 1. The molecule has 6 nitrogen and oxygen atoms in total. The Morgan fingerprint density at radius 2 is 1.69 bits per heavy atom. The molecule has 0 spiro atoms. The van der Waals surface area contributed by atoms with Gasteiger partial charge in [0.1, 0.15) is 5.75 Å². The number of sulfone groups is 1. The minimum absolute atomic E-state index is 0.0488. The third-order valence-corrected chi connectivity index (χ3v) is 6.76. The Labute approximate surface area is 172 Å². The van der Waals surface area contributed by atoms with Crippen molar-refractivity contribution in [1.82, 2.24) is 0 Å². The van der Waals surface area contributed by atoms with Crippen molar-refractivity contribution in [3.63, 3.8) is 0 Å². The van der Waals surface area contributed by atoms with E-state index < -0.39 is 15.7 Å². The average Bonchev–Trinajstić information content (AvgIpc) is 2.72. The number of fused-ring (bicyclic) bond motifs is 2. The van der Waals surface area contributed by atoms with E-state index in [0.29, 0.717) is 16.5 Å². The first-order valence-electron chi connectivity index (χ1n) is 8.50. The Bertz CT molecular complexity index is 1280. The first-order chi connectivity index (χ1) is 13.8. The zero-order valence-corrected chi connectivity index (χ0v) is 16.7. The van der Waals surface area contributed by atoms with Crippen LogP contribution < -0.4 is 10.1 Å². The van der Waals surface area contributed by atoms with Crippen molar-refractivity contribution in [3.8, 4) is 5.75 Å². The molecule has 146 valence electrons. The SMILES string of the molecule is COc1ccc(NC(=O)c2ccc3c(c2)S(=O)(=O)c2ccccc2C3=O)cc1Cl. The molecule has 1 amide bonds. The van der Waals surface area contributed by atoms with Crippen LogP contribution >= 0.6 is 11.6 Å². The van der Waals surface area contributed by atoms with E-state index >= 15 is 0 Å². The number of ketones is 1. The summed E-state index contributed by atoms with van der Waals surface area (Å²) in [7, 11) is -2.44. The first kappa shape index (κ1) is 19.2. The minimum atomic E-state index is -3.92. The molecule has 0 atom stereocenters. The van der Waals surface area contributed by atoms with E-state index in [-0.39, 0.29) is 32.3 Å². The number of amides is 1. The Balaban J connectivity index is 1.71. The van der Waals surface area contributed by atoms with E-state index in [1.54, 1.807) is 24.3 Å². The number of rotatable bonds is 3. The molecule has 0 saturated heterocycles. The van der Waals surface area contributed by atoms with Gasteiger partial charge in [-0.25, -0.2) is 8.42 Å². The molecule has 4 rings (SSSR count). The van der Waals surface area contributed by atoms with Crippen molar-refractivity contribution in [1.29, 1.82) is 0 Å². The van der Waals surface area contributed by atoms with E-state index in [9.17, 15) is 18.0 Å². The van der Waals surface area contributed by atoms with Crippen LogP contribution in [0, 0.1) is 0 Å². The van der Waals surface area contributed by atoms with Crippen LogP contribution in [0.3, 0.4) is 0 Å². The van der Waals surface area contributed by atoms with Crippen molar-refractivity contribution in [3.05, 3.63) is 82.4 Å². The molecule has 0 aromatic heterocycles. The second-order valence-corrected chi connectivity index (χ2v) is 8.64. The highest BCUT2D eigenvalue weighted by Gasteiger charge is 2.35. The number of nitrogens with one attached hydrogen (secondary N) is 1. The predicted molar refractivity (Wildman–Crippen MR) is 108 cm³/mol.